The van der Waals surface area contributed by atoms with E-state index in [-0.39, 0.29) is 34.6 Å². The average molecular weight is 476 g/mol. The molecule has 1 aliphatic rings. The second kappa shape index (κ2) is 8.36. The van der Waals surface area contributed by atoms with Gasteiger partial charge in [0.05, 0.1) is 16.3 Å². The van der Waals surface area contributed by atoms with E-state index in [4.69, 9.17) is 21.2 Å². The number of hydrogen-bond acceptors (Lipinski definition) is 7. The molecule has 0 bridgehead atoms. The van der Waals surface area contributed by atoms with Gasteiger partial charge in [-0.2, -0.15) is 4.98 Å². The summed E-state index contributed by atoms with van der Waals surface area (Å²) in [6, 6.07) is 9.83. The highest BCUT2D eigenvalue weighted by atomic mass is 35.5. The largest absolute Gasteiger partial charge is 0.481 e. The molecule has 0 saturated heterocycles. The summed E-state index contributed by atoms with van der Waals surface area (Å²) in [5, 5.41) is 12.9. The van der Waals surface area contributed by atoms with E-state index in [1.807, 2.05) is 6.07 Å². The minimum Gasteiger partial charge on any atom is -0.481 e. The molecule has 0 atom stereocenters. The van der Waals surface area contributed by atoms with Crippen LogP contribution in [0.2, 0.25) is 5.02 Å². The van der Waals surface area contributed by atoms with Crippen LogP contribution in [0.25, 0.3) is 22.8 Å². The number of aliphatic carboxylic acids is 1. The summed E-state index contributed by atoms with van der Waals surface area (Å²) in [4.78, 5) is 29.0. The monoisotopic (exact) mass is 475 g/mol. The van der Waals surface area contributed by atoms with Crippen molar-refractivity contribution >= 4 is 39.0 Å². The van der Waals surface area contributed by atoms with Gasteiger partial charge in [0.25, 0.3) is 5.89 Å². The first kappa shape index (κ1) is 22.0. The zero-order chi connectivity index (χ0) is 23.0. The minimum atomic E-state index is -3.52. The fraction of sp³-hybridized carbons (Fsp3) is 0.238. The molecule has 1 N–H and O–H groups in total. The summed E-state index contributed by atoms with van der Waals surface area (Å²) in [5.74, 6) is -0.780. The number of amides is 1. The third-order valence-electron chi connectivity index (χ3n) is 5.09. The molecule has 2 heterocycles. The van der Waals surface area contributed by atoms with E-state index in [0.717, 1.165) is 17.5 Å². The molecule has 32 heavy (non-hydrogen) atoms. The van der Waals surface area contributed by atoms with Gasteiger partial charge in [0.15, 0.2) is 9.84 Å². The molecule has 3 aromatic rings. The van der Waals surface area contributed by atoms with Crippen LogP contribution in [0.15, 0.2) is 45.8 Å². The maximum absolute atomic E-state index is 12.3. The smallest absolute Gasteiger partial charge is 0.303 e. The number of aromatic nitrogens is 2. The zero-order valence-electron chi connectivity index (χ0n) is 16.9. The number of carboxylic acid groups (broad SMARTS) is 1. The van der Waals surface area contributed by atoms with E-state index in [2.05, 4.69) is 10.1 Å². The number of fused-ring (bicyclic) bond motifs is 1. The Morgan fingerprint density at radius 2 is 1.91 bits per heavy atom. The van der Waals surface area contributed by atoms with Crippen molar-refractivity contribution in [3.8, 4) is 22.8 Å². The van der Waals surface area contributed by atoms with Crippen LogP contribution >= 0.6 is 11.6 Å². The van der Waals surface area contributed by atoms with Crippen LogP contribution in [-0.4, -0.2) is 48.3 Å². The zero-order valence-corrected chi connectivity index (χ0v) is 18.5. The second-order valence-electron chi connectivity index (χ2n) is 7.37. The summed E-state index contributed by atoms with van der Waals surface area (Å²) in [6.45, 7) is 0.480. The normalized spacial score (nSPS) is 13.2. The topological polar surface area (TPSA) is 131 Å². The Bertz CT molecular complexity index is 1340. The third-order valence-corrected chi connectivity index (χ3v) is 6.67. The van der Waals surface area contributed by atoms with Gasteiger partial charge in [-0.1, -0.05) is 16.8 Å². The summed E-state index contributed by atoms with van der Waals surface area (Å²) < 4.78 is 29.2. The van der Waals surface area contributed by atoms with Gasteiger partial charge >= 0.3 is 5.97 Å². The van der Waals surface area contributed by atoms with Gasteiger partial charge in [0, 0.05) is 36.0 Å². The van der Waals surface area contributed by atoms with E-state index in [1.54, 1.807) is 23.1 Å². The molecule has 0 aliphatic carbocycles. The molecule has 1 amide bonds. The van der Waals surface area contributed by atoms with Gasteiger partial charge < -0.3 is 14.5 Å². The van der Waals surface area contributed by atoms with Gasteiger partial charge in [-0.25, -0.2) is 8.42 Å². The lowest BCUT2D eigenvalue weighted by Crippen LogP contribution is -2.29. The van der Waals surface area contributed by atoms with Crippen LogP contribution in [0.3, 0.4) is 0 Å². The standard InChI is InChI=1S/C21H18ClN3O6S/c1-32(29,30)17-11-14(2-4-15(17)22)21-23-20(24-31-21)13-3-5-16-12(10-13)8-9-25(16)18(26)6-7-19(27)28/h2-5,10-11H,6-9H2,1H3,(H,27,28). The van der Waals surface area contributed by atoms with Gasteiger partial charge in [-0.15, -0.1) is 0 Å². The summed E-state index contributed by atoms with van der Waals surface area (Å²) in [5.41, 5.74) is 2.76. The molecule has 1 aliphatic heterocycles. The predicted octanol–water partition coefficient (Wildman–Crippen LogP) is 3.21. The summed E-state index contributed by atoms with van der Waals surface area (Å²) >= 11 is 5.99. The van der Waals surface area contributed by atoms with Gasteiger partial charge in [0.1, 0.15) is 0 Å². The Hall–Kier alpha value is -3.24. The lowest BCUT2D eigenvalue weighted by atomic mass is 10.1. The molecule has 4 rings (SSSR count). The van der Waals surface area contributed by atoms with E-state index < -0.39 is 15.8 Å². The fourth-order valence-corrected chi connectivity index (χ4v) is 4.83. The number of hydrogen-bond donors (Lipinski definition) is 1. The molecule has 166 valence electrons. The molecule has 0 saturated carbocycles. The molecular weight excluding hydrogens is 458 g/mol. The van der Waals surface area contributed by atoms with Crippen LogP contribution in [0, 0.1) is 0 Å². The first-order chi connectivity index (χ1) is 15.1. The Labute approximate surface area is 188 Å². The number of nitrogens with zero attached hydrogens (tertiary/aromatic N) is 3. The van der Waals surface area contributed by atoms with Crippen LogP contribution in [-0.2, 0) is 25.8 Å². The summed E-state index contributed by atoms with van der Waals surface area (Å²) in [7, 11) is -3.52. The first-order valence-corrected chi connectivity index (χ1v) is 11.9. The van der Waals surface area contributed by atoms with Gasteiger partial charge in [-0.05, 0) is 48.4 Å². The fourth-order valence-electron chi connectivity index (χ4n) is 3.53. The van der Waals surface area contributed by atoms with Crippen LogP contribution in [0.4, 0.5) is 5.69 Å². The predicted molar refractivity (Wildman–Crippen MR) is 116 cm³/mol. The SMILES string of the molecule is CS(=O)(=O)c1cc(-c2nc(-c3ccc4c(c3)CCN4C(=O)CCC(=O)O)no2)ccc1Cl. The quantitative estimate of drug-likeness (QED) is 0.575. The number of rotatable bonds is 6. The van der Waals surface area contributed by atoms with Crippen LogP contribution in [0.5, 0.6) is 0 Å². The van der Waals surface area contributed by atoms with Gasteiger partial charge in [0.2, 0.25) is 11.7 Å². The molecule has 1 aromatic heterocycles. The van der Waals surface area contributed by atoms with Gasteiger partial charge in [-0.3, -0.25) is 9.59 Å². The van der Waals surface area contributed by atoms with E-state index in [9.17, 15) is 18.0 Å². The second-order valence-corrected chi connectivity index (χ2v) is 9.76. The highest BCUT2D eigenvalue weighted by Gasteiger charge is 2.26. The number of anilines is 1. The maximum Gasteiger partial charge on any atom is 0.303 e. The van der Waals surface area contributed by atoms with Crippen molar-refractivity contribution < 1.29 is 27.6 Å². The number of benzene rings is 2. The Morgan fingerprint density at radius 3 is 2.62 bits per heavy atom. The molecule has 11 heteroatoms. The first-order valence-electron chi connectivity index (χ1n) is 9.62. The van der Waals surface area contributed by atoms with E-state index >= 15 is 0 Å². The third kappa shape index (κ3) is 4.37. The highest BCUT2D eigenvalue weighted by Crippen LogP contribution is 2.33. The number of carboxylic acids is 1. The Morgan fingerprint density at radius 1 is 1.16 bits per heavy atom. The average Bonchev–Trinajstić information content (AvgIpc) is 3.38. The van der Waals surface area contributed by atoms with Crippen LogP contribution in [0.1, 0.15) is 18.4 Å². The molecule has 0 radical (unpaired) electrons. The van der Waals surface area contributed by atoms with E-state index in [0.29, 0.717) is 29.9 Å². The molecule has 0 fully saturated rings. The Balaban J connectivity index is 1.59. The number of halogens is 1. The lowest BCUT2D eigenvalue weighted by molar-refractivity contribution is -0.138. The van der Waals surface area contributed by atoms with Crippen molar-refractivity contribution in [2.75, 3.05) is 17.7 Å². The van der Waals surface area contributed by atoms with Crippen molar-refractivity contribution in [2.45, 2.75) is 24.2 Å². The van der Waals surface area contributed by atoms with Crippen molar-refractivity contribution in [3.63, 3.8) is 0 Å². The summed E-state index contributed by atoms with van der Waals surface area (Å²) in [6.07, 6.45) is 1.43. The molecule has 9 nitrogen and oxygen atoms in total. The molecule has 2 aromatic carbocycles. The highest BCUT2D eigenvalue weighted by molar-refractivity contribution is 7.90. The maximum atomic E-state index is 12.3. The lowest BCUT2D eigenvalue weighted by Gasteiger charge is -2.16. The van der Waals surface area contributed by atoms with Crippen molar-refractivity contribution in [3.05, 3.63) is 47.0 Å². The minimum absolute atomic E-state index is 0.0263. The number of carbonyl (C=O) groups excluding carboxylic acids is 1. The molecule has 0 unspecified atom stereocenters. The molecular formula is C21H18ClN3O6S. The number of sulfone groups is 1. The van der Waals surface area contributed by atoms with Crippen molar-refractivity contribution in [1.29, 1.82) is 0 Å². The van der Waals surface area contributed by atoms with E-state index in [1.165, 1.54) is 12.1 Å². The van der Waals surface area contributed by atoms with Crippen molar-refractivity contribution in [2.24, 2.45) is 0 Å². The van der Waals surface area contributed by atoms with Crippen molar-refractivity contribution in [1.82, 2.24) is 10.1 Å². The molecule has 0 spiro atoms. The number of carbonyl (C=O) groups is 2. The Kier molecular flexibility index (Phi) is 5.74. The van der Waals surface area contributed by atoms with Crippen LogP contribution < -0.4 is 4.90 Å².